The lowest BCUT2D eigenvalue weighted by Crippen LogP contribution is -2.52. The molecule has 42 heavy (non-hydrogen) atoms. The Morgan fingerprint density at radius 3 is 2.14 bits per heavy atom. The molecule has 226 valence electrons. The van der Waals surface area contributed by atoms with Gasteiger partial charge in [0.25, 0.3) is 10.0 Å². The number of ether oxygens (including phenoxy) is 2. The number of carbonyl (C=O) groups excluding carboxylic acids is 2. The third-order valence-corrected chi connectivity index (χ3v) is 8.39. The lowest BCUT2D eigenvalue weighted by Gasteiger charge is -2.33. The predicted molar refractivity (Wildman–Crippen MR) is 159 cm³/mol. The van der Waals surface area contributed by atoms with Gasteiger partial charge in [0.15, 0.2) is 0 Å². The Bertz CT molecular complexity index is 1450. The number of carbonyl (C=O) groups is 2. The highest BCUT2D eigenvalue weighted by Crippen LogP contribution is 2.33. The first-order valence-electron chi connectivity index (χ1n) is 13.6. The van der Waals surface area contributed by atoms with Crippen molar-refractivity contribution in [2.24, 2.45) is 5.92 Å². The summed E-state index contributed by atoms with van der Waals surface area (Å²) in [5.41, 5.74) is 0.741. The summed E-state index contributed by atoms with van der Waals surface area (Å²) in [6.07, 6.45) is 0.275. The van der Waals surface area contributed by atoms with Gasteiger partial charge in [0.1, 0.15) is 29.9 Å². The summed E-state index contributed by atoms with van der Waals surface area (Å²) in [6, 6.07) is 17.0. The highest BCUT2D eigenvalue weighted by atomic mass is 32.2. The van der Waals surface area contributed by atoms with Crippen molar-refractivity contribution in [3.05, 3.63) is 84.2 Å². The second-order valence-electron chi connectivity index (χ2n) is 10.1. The molecule has 0 radical (unpaired) electrons. The largest absolute Gasteiger partial charge is 0.497 e. The lowest BCUT2D eigenvalue weighted by atomic mass is 10.1. The fourth-order valence-corrected chi connectivity index (χ4v) is 5.78. The number of para-hydroxylation sites is 2. The van der Waals surface area contributed by atoms with E-state index in [9.17, 15) is 22.4 Å². The number of nitrogens with zero attached hydrogens (tertiary/aromatic N) is 2. The van der Waals surface area contributed by atoms with Gasteiger partial charge in [0, 0.05) is 13.1 Å². The maximum Gasteiger partial charge on any atom is 0.264 e. The van der Waals surface area contributed by atoms with E-state index >= 15 is 0 Å². The van der Waals surface area contributed by atoms with E-state index in [-0.39, 0.29) is 41.1 Å². The van der Waals surface area contributed by atoms with E-state index < -0.39 is 34.3 Å². The molecule has 0 saturated carbocycles. The van der Waals surface area contributed by atoms with Crippen LogP contribution in [-0.2, 0) is 26.2 Å². The summed E-state index contributed by atoms with van der Waals surface area (Å²) in [4.78, 5) is 28.7. The standard InChI is InChI=1S/C31H38FN3O6S/c1-6-27(31(37)33-19-22(2)3)34(20-23-11-13-24(32)14-12-23)30(36)21-35(28-9-7-8-10-29(28)41-5)42(38,39)26-17-15-25(40-4)16-18-26/h7-18,22,27H,6,19-21H2,1-5H3,(H,33,37)/t27-/m0/s1. The molecule has 1 N–H and O–H groups in total. The molecule has 0 fully saturated rings. The van der Waals surface area contributed by atoms with Crippen LogP contribution in [0.3, 0.4) is 0 Å². The van der Waals surface area contributed by atoms with Crippen LogP contribution in [0.2, 0.25) is 0 Å². The van der Waals surface area contributed by atoms with Crippen molar-refractivity contribution >= 4 is 27.5 Å². The van der Waals surface area contributed by atoms with E-state index in [4.69, 9.17) is 9.47 Å². The second kappa shape index (κ2) is 14.7. The molecule has 9 nitrogen and oxygen atoms in total. The van der Waals surface area contributed by atoms with Crippen LogP contribution in [0, 0.1) is 11.7 Å². The van der Waals surface area contributed by atoms with Crippen LogP contribution in [0.5, 0.6) is 11.5 Å². The van der Waals surface area contributed by atoms with Crippen LogP contribution < -0.4 is 19.1 Å². The number of halogens is 1. The van der Waals surface area contributed by atoms with Gasteiger partial charge in [-0.05, 0) is 66.4 Å². The predicted octanol–water partition coefficient (Wildman–Crippen LogP) is 4.62. The van der Waals surface area contributed by atoms with Gasteiger partial charge in [0.05, 0.1) is 24.8 Å². The Labute approximate surface area is 247 Å². The third kappa shape index (κ3) is 8.00. The fourth-order valence-electron chi connectivity index (χ4n) is 4.35. The van der Waals surface area contributed by atoms with Gasteiger partial charge in [-0.1, -0.05) is 45.0 Å². The third-order valence-electron chi connectivity index (χ3n) is 6.62. The summed E-state index contributed by atoms with van der Waals surface area (Å²) in [5.74, 6) is -0.515. The van der Waals surface area contributed by atoms with Crippen LogP contribution in [0.1, 0.15) is 32.8 Å². The Hall–Kier alpha value is -4.12. The molecular formula is C31H38FN3O6S. The molecule has 0 spiro atoms. The van der Waals surface area contributed by atoms with E-state index in [1.54, 1.807) is 31.2 Å². The van der Waals surface area contributed by atoms with Gasteiger partial charge in [-0.25, -0.2) is 12.8 Å². The SMILES string of the molecule is CC[C@@H](C(=O)NCC(C)C)N(Cc1ccc(F)cc1)C(=O)CN(c1ccccc1OC)S(=O)(=O)c1ccc(OC)cc1. The van der Waals surface area contributed by atoms with E-state index in [2.05, 4.69) is 5.32 Å². The monoisotopic (exact) mass is 599 g/mol. The highest BCUT2D eigenvalue weighted by Gasteiger charge is 2.34. The molecule has 0 bridgehead atoms. The van der Waals surface area contributed by atoms with Crippen molar-refractivity contribution in [3.63, 3.8) is 0 Å². The van der Waals surface area contributed by atoms with E-state index in [0.29, 0.717) is 17.9 Å². The zero-order chi connectivity index (χ0) is 30.9. The number of anilines is 1. The minimum absolute atomic E-state index is 0.0327. The molecule has 1 atom stereocenters. The molecule has 3 rings (SSSR count). The van der Waals surface area contributed by atoms with Gasteiger partial charge >= 0.3 is 0 Å². The Balaban J connectivity index is 2.08. The number of hydrogen-bond donors (Lipinski definition) is 1. The van der Waals surface area contributed by atoms with Crippen LogP contribution in [0.15, 0.2) is 77.7 Å². The Morgan fingerprint density at radius 1 is 0.929 bits per heavy atom. The van der Waals surface area contributed by atoms with Gasteiger partial charge in [-0.15, -0.1) is 0 Å². The van der Waals surface area contributed by atoms with Crippen LogP contribution in [0.25, 0.3) is 0 Å². The molecule has 0 aliphatic heterocycles. The van der Waals surface area contributed by atoms with E-state index in [0.717, 1.165) is 4.31 Å². The number of sulfonamides is 1. The molecule has 11 heteroatoms. The first-order chi connectivity index (χ1) is 20.0. The molecule has 3 aromatic carbocycles. The van der Waals surface area contributed by atoms with Crippen molar-refractivity contribution < 1.29 is 31.9 Å². The molecule has 0 saturated heterocycles. The van der Waals surface area contributed by atoms with Crippen molar-refractivity contribution in [1.82, 2.24) is 10.2 Å². The summed E-state index contributed by atoms with van der Waals surface area (Å²) in [6.45, 7) is 5.44. The Kier molecular flexibility index (Phi) is 11.3. The highest BCUT2D eigenvalue weighted by molar-refractivity contribution is 7.92. The molecule has 3 aromatic rings. The topological polar surface area (TPSA) is 105 Å². The number of rotatable bonds is 14. The minimum atomic E-state index is -4.29. The molecule has 0 aromatic heterocycles. The summed E-state index contributed by atoms with van der Waals surface area (Å²) < 4.78 is 53.3. The summed E-state index contributed by atoms with van der Waals surface area (Å²) in [7, 11) is -1.41. The van der Waals surface area contributed by atoms with Crippen LogP contribution in [-0.4, -0.2) is 58.5 Å². The summed E-state index contributed by atoms with van der Waals surface area (Å²) >= 11 is 0. The lowest BCUT2D eigenvalue weighted by molar-refractivity contribution is -0.140. The van der Waals surface area contributed by atoms with Crippen LogP contribution in [0.4, 0.5) is 10.1 Å². The number of methoxy groups -OCH3 is 2. The van der Waals surface area contributed by atoms with Crippen molar-refractivity contribution in [2.75, 3.05) is 31.6 Å². The van der Waals surface area contributed by atoms with Gasteiger partial charge < -0.3 is 19.7 Å². The molecule has 0 unspecified atom stereocenters. The Morgan fingerprint density at radius 2 is 1.57 bits per heavy atom. The maximum absolute atomic E-state index is 14.1. The van der Waals surface area contributed by atoms with E-state index in [1.165, 1.54) is 67.7 Å². The van der Waals surface area contributed by atoms with Crippen molar-refractivity contribution in [3.8, 4) is 11.5 Å². The fraction of sp³-hybridized carbons (Fsp3) is 0.355. The second-order valence-corrected chi connectivity index (χ2v) is 11.9. The number of nitrogens with one attached hydrogen (secondary N) is 1. The average Bonchev–Trinajstić information content (AvgIpc) is 2.99. The first-order valence-corrected chi connectivity index (χ1v) is 15.1. The maximum atomic E-state index is 14.1. The smallest absolute Gasteiger partial charge is 0.264 e. The summed E-state index contributed by atoms with van der Waals surface area (Å²) in [5, 5.41) is 2.88. The van der Waals surface area contributed by atoms with Gasteiger partial charge in [-0.2, -0.15) is 0 Å². The van der Waals surface area contributed by atoms with Gasteiger partial charge in [-0.3, -0.25) is 13.9 Å². The normalized spacial score (nSPS) is 12.0. The molecule has 2 amide bonds. The number of benzene rings is 3. The average molecular weight is 600 g/mol. The van der Waals surface area contributed by atoms with E-state index in [1.807, 2.05) is 13.8 Å². The zero-order valence-electron chi connectivity index (χ0n) is 24.5. The molecular weight excluding hydrogens is 561 g/mol. The quantitative estimate of drug-likeness (QED) is 0.290. The van der Waals surface area contributed by atoms with Crippen LogP contribution >= 0.6 is 0 Å². The van der Waals surface area contributed by atoms with Gasteiger partial charge in [0.2, 0.25) is 11.8 Å². The molecule has 0 aliphatic carbocycles. The van der Waals surface area contributed by atoms with Crippen molar-refractivity contribution in [2.45, 2.75) is 44.7 Å². The zero-order valence-corrected chi connectivity index (χ0v) is 25.4. The molecule has 0 heterocycles. The first kappa shape index (κ1) is 32.4. The minimum Gasteiger partial charge on any atom is -0.497 e. The van der Waals surface area contributed by atoms with Crippen molar-refractivity contribution in [1.29, 1.82) is 0 Å². The molecule has 0 aliphatic rings. The number of amides is 2. The number of hydrogen-bond acceptors (Lipinski definition) is 6.